The topological polar surface area (TPSA) is 124 Å². The first kappa shape index (κ1) is 34.3. The largest absolute Gasteiger partial charge is 0.497 e. The molecule has 0 radical (unpaired) electrons. The van der Waals surface area contributed by atoms with Gasteiger partial charge in [-0.2, -0.15) is 0 Å². The molecule has 44 heavy (non-hydrogen) atoms. The van der Waals surface area contributed by atoms with E-state index >= 15 is 0 Å². The molecule has 0 spiro atoms. The zero-order valence-electron chi connectivity index (χ0n) is 25.6. The maximum absolute atomic E-state index is 14.3. The van der Waals surface area contributed by atoms with Crippen molar-refractivity contribution in [3.05, 3.63) is 71.2 Å². The molecule has 0 heterocycles. The van der Waals surface area contributed by atoms with Gasteiger partial charge in [-0.05, 0) is 55.3 Å². The zero-order valence-corrected chi connectivity index (χ0v) is 27.2. The molecule has 238 valence electrons. The summed E-state index contributed by atoms with van der Waals surface area (Å²) in [6.07, 6.45) is 0.705. The standard InChI is InChI=1S/C31H38ClN3O8S/c1-7-16-33-31(37)21(2)34(19-22-8-10-23(32)11-9-22)30(36)20-35(26-17-24(40-3)12-14-27(26)41-4)44(38,39)25-13-15-28(42-5)29(18-25)43-6/h8-15,17-18,21H,7,16,19-20H2,1-6H3,(H,33,37)/t21-/m0/s1. The van der Waals surface area contributed by atoms with Crippen LogP contribution < -0.4 is 28.6 Å². The average molecular weight is 648 g/mol. The number of rotatable bonds is 15. The number of nitrogens with zero attached hydrogens (tertiary/aromatic N) is 2. The van der Waals surface area contributed by atoms with Gasteiger partial charge in [0.05, 0.1) is 39.0 Å². The van der Waals surface area contributed by atoms with Crippen molar-refractivity contribution < 1.29 is 37.0 Å². The summed E-state index contributed by atoms with van der Waals surface area (Å²) in [5, 5.41) is 3.32. The molecule has 0 saturated carbocycles. The van der Waals surface area contributed by atoms with Crippen LogP contribution in [0.15, 0.2) is 65.6 Å². The molecule has 0 bridgehead atoms. The molecular formula is C31H38ClN3O8S. The third kappa shape index (κ3) is 8.06. The van der Waals surface area contributed by atoms with E-state index in [-0.39, 0.29) is 34.5 Å². The van der Waals surface area contributed by atoms with Crippen LogP contribution in [0.4, 0.5) is 5.69 Å². The van der Waals surface area contributed by atoms with Crippen molar-refractivity contribution in [2.24, 2.45) is 0 Å². The number of ether oxygens (including phenoxy) is 4. The third-order valence-corrected chi connectivity index (χ3v) is 8.87. The van der Waals surface area contributed by atoms with Crippen LogP contribution in [-0.4, -0.2) is 72.7 Å². The number of hydrogen-bond acceptors (Lipinski definition) is 8. The second-order valence-electron chi connectivity index (χ2n) is 9.68. The maximum atomic E-state index is 14.3. The second-order valence-corrected chi connectivity index (χ2v) is 12.0. The molecule has 0 aliphatic carbocycles. The number of hydrogen-bond donors (Lipinski definition) is 1. The Kier molecular flexibility index (Phi) is 12.1. The molecule has 1 atom stereocenters. The van der Waals surface area contributed by atoms with Gasteiger partial charge in [0.15, 0.2) is 11.5 Å². The lowest BCUT2D eigenvalue weighted by atomic mass is 10.1. The van der Waals surface area contributed by atoms with E-state index in [0.717, 1.165) is 4.31 Å². The van der Waals surface area contributed by atoms with Crippen LogP contribution in [0.2, 0.25) is 5.02 Å². The number of methoxy groups -OCH3 is 4. The predicted octanol–water partition coefficient (Wildman–Crippen LogP) is 4.51. The van der Waals surface area contributed by atoms with E-state index in [1.165, 1.54) is 57.6 Å². The molecule has 1 N–H and O–H groups in total. The highest BCUT2D eigenvalue weighted by molar-refractivity contribution is 7.92. The summed E-state index contributed by atoms with van der Waals surface area (Å²) in [6, 6.07) is 14.6. The van der Waals surface area contributed by atoms with Crippen molar-refractivity contribution in [3.63, 3.8) is 0 Å². The number of benzene rings is 3. The van der Waals surface area contributed by atoms with Gasteiger partial charge in [0.25, 0.3) is 10.0 Å². The van der Waals surface area contributed by atoms with Gasteiger partial charge in [0.1, 0.15) is 24.1 Å². The van der Waals surface area contributed by atoms with Crippen LogP contribution in [0.3, 0.4) is 0 Å². The predicted molar refractivity (Wildman–Crippen MR) is 168 cm³/mol. The van der Waals surface area contributed by atoms with E-state index in [1.807, 2.05) is 6.92 Å². The number of carbonyl (C=O) groups excluding carboxylic acids is 2. The Bertz CT molecular complexity index is 1550. The molecule has 3 aromatic rings. The molecule has 3 rings (SSSR count). The van der Waals surface area contributed by atoms with E-state index < -0.39 is 28.5 Å². The molecule has 11 nitrogen and oxygen atoms in total. The number of sulfonamides is 1. The van der Waals surface area contributed by atoms with E-state index in [0.29, 0.717) is 35.1 Å². The van der Waals surface area contributed by atoms with Gasteiger partial charge >= 0.3 is 0 Å². The summed E-state index contributed by atoms with van der Waals surface area (Å²) in [4.78, 5) is 28.4. The highest BCUT2D eigenvalue weighted by atomic mass is 35.5. The summed E-state index contributed by atoms with van der Waals surface area (Å²) in [6.45, 7) is 3.29. The Morgan fingerprint density at radius 1 is 0.864 bits per heavy atom. The normalized spacial score (nSPS) is 11.7. The third-order valence-electron chi connectivity index (χ3n) is 6.86. The van der Waals surface area contributed by atoms with Crippen molar-refractivity contribution in [2.45, 2.75) is 37.8 Å². The Morgan fingerprint density at radius 2 is 1.50 bits per heavy atom. The van der Waals surface area contributed by atoms with Crippen LogP contribution in [0.5, 0.6) is 23.0 Å². The van der Waals surface area contributed by atoms with Crippen molar-refractivity contribution in [3.8, 4) is 23.0 Å². The number of halogens is 1. The molecule has 0 aliphatic heterocycles. The number of nitrogens with one attached hydrogen (secondary N) is 1. The van der Waals surface area contributed by atoms with E-state index in [2.05, 4.69) is 5.32 Å². The summed E-state index contributed by atoms with van der Waals surface area (Å²) >= 11 is 6.06. The van der Waals surface area contributed by atoms with Crippen molar-refractivity contribution in [1.29, 1.82) is 0 Å². The minimum absolute atomic E-state index is 0.0240. The van der Waals surface area contributed by atoms with Gasteiger partial charge in [-0.3, -0.25) is 13.9 Å². The highest BCUT2D eigenvalue weighted by Gasteiger charge is 2.34. The average Bonchev–Trinajstić information content (AvgIpc) is 3.04. The second kappa shape index (κ2) is 15.5. The minimum atomic E-state index is -4.44. The highest BCUT2D eigenvalue weighted by Crippen LogP contribution is 2.37. The fraction of sp³-hybridized carbons (Fsp3) is 0.355. The lowest BCUT2D eigenvalue weighted by Crippen LogP contribution is -2.51. The van der Waals surface area contributed by atoms with Gasteiger partial charge in [-0.15, -0.1) is 0 Å². The van der Waals surface area contributed by atoms with Crippen molar-refractivity contribution in [1.82, 2.24) is 10.2 Å². The first-order chi connectivity index (χ1) is 21.0. The first-order valence-electron chi connectivity index (χ1n) is 13.8. The molecule has 3 aromatic carbocycles. The van der Waals surface area contributed by atoms with E-state index in [1.54, 1.807) is 43.3 Å². The Balaban J connectivity index is 2.15. The zero-order chi connectivity index (χ0) is 32.4. The lowest BCUT2D eigenvalue weighted by Gasteiger charge is -2.32. The molecule has 0 unspecified atom stereocenters. The molecule has 0 fully saturated rings. The minimum Gasteiger partial charge on any atom is -0.497 e. The Labute approximate surface area is 263 Å². The molecule has 0 aromatic heterocycles. The first-order valence-corrected chi connectivity index (χ1v) is 15.6. The lowest BCUT2D eigenvalue weighted by molar-refractivity contribution is -0.139. The molecule has 2 amide bonds. The monoisotopic (exact) mass is 647 g/mol. The van der Waals surface area contributed by atoms with Crippen LogP contribution in [0.1, 0.15) is 25.8 Å². The van der Waals surface area contributed by atoms with Gasteiger partial charge < -0.3 is 29.2 Å². The van der Waals surface area contributed by atoms with Crippen molar-refractivity contribution in [2.75, 3.05) is 45.8 Å². The van der Waals surface area contributed by atoms with Gasteiger partial charge in [0, 0.05) is 30.2 Å². The van der Waals surface area contributed by atoms with Crippen molar-refractivity contribution >= 4 is 39.1 Å². The van der Waals surface area contributed by atoms with E-state index in [9.17, 15) is 18.0 Å². The summed E-state index contributed by atoms with van der Waals surface area (Å²) < 4.78 is 51.1. The SMILES string of the molecule is CCCNC(=O)[C@H](C)N(Cc1ccc(Cl)cc1)C(=O)CN(c1cc(OC)ccc1OC)S(=O)(=O)c1ccc(OC)c(OC)c1. The molecule has 13 heteroatoms. The van der Waals surface area contributed by atoms with Gasteiger partial charge in [-0.25, -0.2) is 8.42 Å². The fourth-order valence-electron chi connectivity index (χ4n) is 4.37. The molecular weight excluding hydrogens is 610 g/mol. The summed E-state index contributed by atoms with van der Waals surface area (Å²) in [5.74, 6) is 0.0271. The molecule has 0 aliphatic rings. The van der Waals surface area contributed by atoms with Gasteiger partial charge in [0.2, 0.25) is 11.8 Å². The van der Waals surface area contributed by atoms with E-state index in [4.69, 9.17) is 30.5 Å². The summed E-state index contributed by atoms with van der Waals surface area (Å²) in [7, 11) is 1.21. The quantitative estimate of drug-likeness (QED) is 0.256. The maximum Gasteiger partial charge on any atom is 0.265 e. The number of amides is 2. The van der Waals surface area contributed by atoms with Crippen LogP contribution >= 0.6 is 11.6 Å². The fourth-order valence-corrected chi connectivity index (χ4v) is 5.93. The van der Waals surface area contributed by atoms with Crippen LogP contribution in [0, 0.1) is 0 Å². The van der Waals surface area contributed by atoms with Crippen LogP contribution in [-0.2, 0) is 26.2 Å². The smallest absolute Gasteiger partial charge is 0.265 e. The van der Waals surface area contributed by atoms with Gasteiger partial charge in [-0.1, -0.05) is 30.7 Å². The number of carbonyl (C=O) groups is 2. The number of anilines is 1. The Hall–Kier alpha value is -4.16. The summed E-state index contributed by atoms with van der Waals surface area (Å²) in [5.41, 5.74) is 0.760. The van der Waals surface area contributed by atoms with Crippen LogP contribution in [0.25, 0.3) is 0 Å². The Morgan fingerprint density at radius 3 is 2.09 bits per heavy atom. The molecule has 0 saturated heterocycles.